The summed E-state index contributed by atoms with van der Waals surface area (Å²) in [5, 5.41) is 0. The maximum absolute atomic E-state index is 14.4. The van der Waals surface area contributed by atoms with E-state index in [-0.39, 0.29) is 18.0 Å². The molecule has 0 saturated heterocycles. The molecular formula is C23H26FN3O2. The van der Waals surface area contributed by atoms with Crippen molar-refractivity contribution in [1.29, 1.82) is 0 Å². The number of pyridine rings is 1. The van der Waals surface area contributed by atoms with E-state index in [0.717, 1.165) is 30.4 Å². The average Bonchev–Trinajstić information content (AvgIpc) is 3.13. The first kappa shape index (κ1) is 16.3. The standard InChI is InChI=1S/C23H26FN3O2/c1-14-11-22(8-7-19(14)28-2)12-16-6-5-15(17-4-3-9-26-20(17)24)10-18(16)23(22)13-29-21(25)27-23/h3-6,9-10,14,19H,7-8,11-13H2,1-2H3,(H2,25,27)/t14-,19-,22-,23+/m0/s1/i13D2. The minimum Gasteiger partial charge on any atom is -0.462 e. The van der Waals surface area contributed by atoms with Crippen LogP contribution in [0.4, 0.5) is 4.39 Å². The van der Waals surface area contributed by atoms with Gasteiger partial charge in [0.05, 0.1) is 8.85 Å². The van der Waals surface area contributed by atoms with Crippen LogP contribution in [0.3, 0.4) is 0 Å². The van der Waals surface area contributed by atoms with Crippen molar-refractivity contribution in [3.63, 3.8) is 0 Å². The molecule has 1 fully saturated rings. The summed E-state index contributed by atoms with van der Waals surface area (Å²) in [6, 6.07) is 8.89. The van der Waals surface area contributed by atoms with Gasteiger partial charge in [-0.3, -0.25) is 0 Å². The van der Waals surface area contributed by atoms with Crippen LogP contribution in [0.1, 0.15) is 40.1 Å². The van der Waals surface area contributed by atoms with Crippen LogP contribution in [-0.4, -0.2) is 30.8 Å². The number of hydrogen-bond donors (Lipinski definition) is 1. The number of halogens is 1. The molecule has 0 bridgehead atoms. The fourth-order valence-electron chi connectivity index (χ4n) is 5.69. The highest BCUT2D eigenvalue weighted by Gasteiger charge is 2.62. The van der Waals surface area contributed by atoms with Gasteiger partial charge in [0, 0.05) is 24.3 Å². The Morgan fingerprint density at radius 3 is 2.93 bits per heavy atom. The Bertz CT molecular complexity index is 1080. The molecule has 1 saturated carbocycles. The van der Waals surface area contributed by atoms with Crippen molar-refractivity contribution < 1.29 is 16.6 Å². The van der Waals surface area contributed by atoms with E-state index in [1.165, 1.54) is 6.20 Å². The average molecular weight is 397 g/mol. The van der Waals surface area contributed by atoms with Gasteiger partial charge in [-0.25, -0.2) is 9.98 Å². The van der Waals surface area contributed by atoms with Crippen LogP contribution in [0.15, 0.2) is 41.5 Å². The lowest BCUT2D eigenvalue weighted by molar-refractivity contribution is -0.0445. The molecule has 5 nitrogen and oxygen atoms in total. The summed E-state index contributed by atoms with van der Waals surface area (Å²) < 4.78 is 43.3. The van der Waals surface area contributed by atoms with Gasteiger partial charge in [0.25, 0.3) is 6.02 Å². The van der Waals surface area contributed by atoms with E-state index in [0.29, 0.717) is 17.5 Å². The second-order valence-electron chi connectivity index (χ2n) is 8.53. The fraction of sp³-hybridized carbons (Fsp3) is 0.478. The van der Waals surface area contributed by atoms with Gasteiger partial charge in [-0.05, 0) is 66.5 Å². The van der Waals surface area contributed by atoms with Gasteiger partial charge in [0.15, 0.2) is 0 Å². The van der Waals surface area contributed by atoms with Crippen LogP contribution in [-0.2, 0) is 21.4 Å². The van der Waals surface area contributed by atoms with E-state index in [1.54, 1.807) is 19.2 Å². The molecule has 2 aromatic rings. The highest BCUT2D eigenvalue weighted by atomic mass is 19.1. The molecule has 1 aromatic carbocycles. The van der Waals surface area contributed by atoms with Crippen molar-refractivity contribution in [3.8, 4) is 11.1 Å². The number of rotatable bonds is 2. The summed E-state index contributed by atoms with van der Waals surface area (Å²) in [7, 11) is 1.72. The lowest BCUT2D eigenvalue weighted by atomic mass is 9.59. The predicted molar refractivity (Wildman–Crippen MR) is 109 cm³/mol. The minimum atomic E-state index is -2.12. The third kappa shape index (κ3) is 2.61. The van der Waals surface area contributed by atoms with Gasteiger partial charge in [0.2, 0.25) is 5.95 Å². The smallest absolute Gasteiger partial charge is 0.283 e. The number of hydrogen-bond acceptors (Lipinski definition) is 5. The summed E-state index contributed by atoms with van der Waals surface area (Å²) in [4.78, 5) is 8.44. The molecular weight excluding hydrogens is 369 g/mol. The third-order valence-electron chi connectivity index (χ3n) is 7.00. The first-order valence-electron chi connectivity index (χ1n) is 11.0. The summed E-state index contributed by atoms with van der Waals surface area (Å²) in [6.45, 7) is 0.0225. The minimum absolute atomic E-state index is 0.126. The highest BCUT2D eigenvalue weighted by Crippen LogP contribution is 2.62. The molecule has 2 N–H and O–H groups in total. The summed E-state index contributed by atoms with van der Waals surface area (Å²) in [5.41, 5.74) is 6.91. The summed E-state index contributed by atoms with van der Waals surface area (Å²) in [6.07, 6.45) is 4.48. The van der Waals surface area contributed by atoms with Gasteiger partial charge >= 0.3 is 0 Å². The maximum Gasteiger partial charge on any atom is 0.283 e. The van der Waals surface area contributed by atoms with Crippen molar-refractivity contribution in [1.82, 2.24) is 4.98 Å². The Morgan fingerprint density at radius 1 is 1.38 bits per heavy atom. The fourth-order valence-corrected chi connectivity index (χ4v) is 5.69. The number of methoxy groups -OCH3 is 1. The van der Waals surface area contributed by atoms with Gasteiger partial charge in [-0.1, -0.05) is 19.1 Å². The molecule has 0 amide bonds. The van der Waals surface area contributed by atoms with E-state index in [9.17, 15) is 4.39 Å². The molecule has 29 heavy (non-hydrogen) atoms. The van der Waals surface area contributed by atoms with Crippen LogP contribution in [0.25, 0.3) is 11.1 Å². The number of aliphatic imine (C=N–C) groups is 1. The molecule has 4 atom stereocenters. The van der Waals surface area contributed by atoms with E-state index in [4.69, 9.17) is 17.9 Å². The number of nitrogens with two attached hydrogens (primary N) is 1. The van der Waals surface area contributed by atoms with Crippen molar-refractivity contribution in [2.24, 2.45) is 22.1 Å². The van der Waals surface area contributed by atoms with Gasteiger partial charge in [-0.2, -0.15) is 4.39 Å². The van der Waals surface area contributed by atoms with Gasteiger partial charge in [0.1, 0.15) is 12.1 Å². The number of fused-ring (bicyclic) bond motifs is 3. The lowest BCUT2D eigenvalue weighted by Crippen LogP contribution is -2.48. The third-order valence-corrected chi connectivity index (χ3v) is 7.00. The van der Waals surface area contributed by atoms with E-state index < -0.39 is 23.5 Å². The molecule has 3 aliphatic rings. The molecule has 1 aromatic heterocycles. The second kappa shape index (κ2) is 6.52. The summed E-state index contributed by atoms with van der Waals surface area (Å²) >= 11 is 0. The van der Waals surface area contributed by atoms with Crippen LogP contribution in [0, 0.1) is 17.3 Å². The highest BCUT2D eigenvalue weighted by molar-refractivity contribution is 5.76. The first-order valence-corrected chi connectivity index (χ1v) is 10.0. The van der Waals surface area contributed by atoms with Crippen LogP contribution in [0.5, 0.6) is 0 Å². The van der Waals surface area contributed by atoms with E-state index in [2.05, 4.69) is 16.9 Å². The molecule has 5 rings (SSSR count). The zero-order valence-electron chi connectivity index (χ0n) is 18.6. The van der Waals surface area contributed by atoms with Crippen molar-refractivity contribution in [3.05, 3.63) is 53.6 Å². The predicted octanol–water partition coefficient (Wildman–Crippen LogP) is 3.81. The monoisotopic (exact) mass is 397 g/mol. The van der Waals surface area contributed by atoms with E-state index in [1.807, 2.05) is 18.2 Å². The molecule has 1 aliphatic heterocycles. The molecule has 0 radical (unpaired) electrons. The normalized spacial score (nSPS) is 35.8. The molecule has 2 aliphatic carbocycles. The number of benzene rings is 1. The van der Waals surface area contributed by atoms with Crippen molar-refractivity contribution in [2.45, 2.75) is 44.2 Å². The summed E-state index contributed by atoms with van der Waals surface area (Å²) in [5.74, 6) is -0.333. The molecule has 0 unspecified atom stereocenters. The van der Waals surface area contributed by atoms with Crippen molar-refractivity contribution in [2.75, 3.05) is 13.7 Å². The Morgan fingerprint density at radius 2 is 2.24 bits per heavy atom. The van der Waals surface area contributed by atoms with Crippen LogP contribution >= 0.6 is 0 Å². The quantitative estimate of drug-likeness (QED) is 0.783. The molecule has 2 heterocycles. The Hall–Kier alpha value is -2.47. The first-order chi connectivity index (χ1) is 14.7. The number of nitrogens with zero attached hydrogens (tertiary/aromatic N) is 2. The topological polar surface area (TPSA) is 69.7 Å². The Labute approximate surface area is 173 Å². The molecule has 2 spiro atoms. The Kier molecular flexibility index (Phi) is 3.68. The molecule has 6 heteroatoms. The van der Waals surface area contributed by atoms with Gasteiger partial charge in [-0.15, -0.1) is 0 Å². The number of aromatic nitrogens is 1. The van der Waals surface area contributed by atoms with Gasteiger partial charge < -0.3 is 15.2 Å². The Balaban J connectivity index is 1.71. The zero-order valence-corrected chi connectivity index (χ0v) is 16.6. The van der Waals surface area contributed by atoms with E-state index >= 15 is 0 Å². The second-order valence-corrected chi connectivity index (χ2v) is 8.53. The largest absolute Gasteiger partial charge is 0.462 e. The van der Waals surface area contributed by atoms with Crippen LogP contribution in [0.2, 0.25) is 0 Å². The SMILES string of the molecule is [2H]C1([2H])OC(N)=N[C@@]12c1cc(-c3cccnc3F)ccc1C[C@@]21CC[C@H](OC)[C@@H](C)C1. The lowest BCUT2D eigenvalue weighted by Gasteiger charge is -2.47. The van der Waals surface area contributed by atoms with Crippen molar-refractivity contribution >= 4 is 6.02 Å². The molecule has 152 valence electrons. The zero-order chi connectivity index (χ0) is 22.0. The van der Waals surface area contributed by atoms with Crippen LogP contribution < -0.4 is 5.73 Å². The number of ether oxygens (including phenoxy) is 2. The number of amidine groups is 1. The maximum atomic E-state index is 14.4.